The second kappa shape index (κ2) is 6.74. The first-order valence-corrected chi connectivity index (χ1v) is 6.96. The first-order chi connectivity index (χ1) is 9.99. The van der Waals surface area contributed by atoms with Gasteiger partial charge in [0.1, 0.15) is 11.6 Å². The summed E-state index contributed by atoms with van der Waals surface area (Å²) >= 11 is 10.9. The molecule has 0 saturated heterocycles. The average Bonchev–Trinajstić information content (AvgIpc) is 2.42. The highest BCUT2D eigenvalue weighted by molar-refractivity contribution is 7.80. The lowest BCUT2D eigenvalue weighted by Crippen LogP contribution is -2.20. The van der Waals surface area contributed by atoms with Crippen LogP contribution in [-0.4, -0.2) is 12.2 Å². The summed E-state index contributed by atoms with van der Waals surface area (Å²) in [5.74, 6) is 0.184. The van der Waals surface area contributed by atoms with Crippen molar-refractivity contribution in [3.05, 3.63) is 52.8 Å². The van der Waals surface area contributed by atoms with Crippen molar-refractivity contribution in [3.63, 3.8) is 0 Å². The Kier molecular flexibility index (Phi) is 4.98. The van der Waals surface area contributed by atoms with Crippen LogP contribution in [0.1, 0.15) is 5.56 Å². The summed E-state index contributed by atoms with van der Waals surface area (Å²) in [6.07, 6.45) is 0. The van der Waals surface area contributed by atoms with Gasteiger partial charge in [0.2, 0.25) is 0 Å². The third-order valence-electron chi connectivity index (χ3n) is 2.78. The van der Waals surface area contributed by atoms with Crippen LogP contribution in [0.2, 0.25) is 5.02 Å². The zero-order valence-corrected chi connectivity index (χ0v) is 13.1. The van der Waals surface area contributed by atoms with Crippen molar-refractivity contribution in [1.29, 1.82) is 0 Å². The average molecular weight is 325 g/mol. The molecule has 3 nitrogen and oxygen atoms in total. The van der Waals surface area contributed by atoms with E-state index in [1.165, 1.54) is 12.1 Å². The van der Waals surface area contributed by atoms with Crippen molar-refractivity contribution in [2.75, 3.05) is 17.7 Å². The lowest BCUT2D eigenvalue weighted by atomic mass is 10.2. The molecule has 0 aliphatic carbocycles. The minimum Gasteiger partial charge on any atom is -0.495 e. The summed E-state index contributed by atoms with van der Waals surface area (Å²) in [4.78, 5) is 0. The van der Waals surface area contributed by atoms with E-state index in [2.05, 4.69) is 10.6 Å². The van der Waals surface area contributed by atoms with Crippen molar-refractivity contribution in [1.82, 2.24) is 0 Å². The predicted octanol–water partition coefficient (Wildman–Crippen LogP) is 4.61. The molecule has 0 spiro atoms. The molecule has 0 bridgehead atoms. The molecule has 0 aliphatic rings. The number of nitrogens with one attached hydrogen (secondary N) is 2. The van der Waals surface area contributed by atoms with E-state index in [4.69, 9.17) is 28.6 Å². The number of ether oxygens (including phenoxy) is 1. The summed E-state index contributed by atoms with van der Waals surface area (Å²) in [5, 5.41) is 6.37. The maximum atomic E-state index is 13.7. The second-order valence-corrected chi connectivity index (χ2v) is 5.25. The van der Waals surface area contributed by atoms with Crippen LogP contribution < -0.4 is 15.4 Å². The molecule has 0 fully saturated rings. The molecule has 2 N–H and O–H groups in total. The molecule has 21 heavy (non-hydrogen) atoms. The van der Waals surface area contributed by atoms with Crippen LogP contribution in [0.25, 0.3) is 0 Å². The van der Waals surface area contributed by atoms with E-state index in [-0.39, 0.29) is 10.8 Å². The van der Waals surface area contributed by atoms with Crippen LogP contribution >= 0.6 is 23.8 Å². The Morgan fingerprint density at radius 3 is 2.52 bits per heavy atom. The fourth-order valence-corrected chi connectivity index (χ4v) is 2.16. The van der Waals surface area contributed by atoms with Gasteiger partial charge in [-0.2, -0.15) is 0 Å². The zero-order valence-electron chi connectivity index (χ0n) is 11.5. The quantitative estimate of drug-likeness (QED) is 0.808. The van der Waals surface area contributed by atoms with Crippen molar-refractivity contribution in [2.45, 2.75) is 6.92 Å². The Morgan fingerprint density at radius 1 is 1.14 bits per heavy atom. The van der Waals surface area contributed by atoms with E-state index < -0.39 is 5.82 Å². The molecule has 0 saturated carbocycles. The van der Waals surface area contributed by atoms with Gasteiger partial charge in [0.05, 0.1) is 18.5 Å². The number of rotatable bonds is 3. The van der Waals surface area contributed by atoms with E-state index >= 15 is 0 Å². The first-order valence-electron chi connectivity index (χ1n) is 6.17. The number of halogens is 2. The lowest BCUT2D eigenvalue weighted by Gasteiger charge is -2.14. The molecule has 0 atom stereocenters. The SMILES string of the molecule is COc1ccc(C)cc1NC(=S)Nc1ccc(Cl)cc1F. The maximum absolute atomic E-state index is 13.7. The Balaban J connectivity index is 2.13. The van der Waals surface area contributed by atoms with Gasteiger partial charge in [-0.05, 0) is 55.0 Å². The largest absolute Gasteiger partial charge is 0.495 e. The number of thiocarbonyl (C=S) groups is 1. The van der Waals surface area contributed by atoms with Crippen LogP contribution in [0.15, 0.2) is 36.4 Å². The normalized spacial score (nSPS) is 10.1. The van der Waals surface area contributed by atoms with Crippen LogP contribution in [-0.2, 0) is 0 Å². The van der Waals surface area contributed by atoms with Gasteiger partial charge < -0.3 is 15.4 Å². The molecule has 0 aliphatic heterocycles. The molecule has 2 aromatic carbocycles. The molecule has 2 aromatic rings. The van der Waals surface area contributed by atoms with E-state index in [9.17, 15) is 4.39 Å². The molecular weight excluding hydrogens is 311 g/mol. The molecule has 0 heterocycles. The van der Waals surface area contributed by atoms with Crippen LogP contribution in [0.5, 0.6) is 5.75 Å². The van der Waals surface area contributed by atoms with Crippen LogP contribution in [0, 0.1) is 12.7 Å². The summed E-state index contributed by atoms with van der Waals surface area (Å²) in [6, 6.07) is 10.00. The van der Waals surface area contributed by atoms with E-state index in [1.54, 1.807) is 13.2 Å². The Morgan fingerprint density at radius 2 is 1.86 bits per heavy atom. The summed E-state index contributed by atoms with van der Waals surface area (Å²) in [5.41, 5.74) is 2.02. The van der Waals surface area contributed by atoms with Gasteiger partial charge in [0, 0.05) is 5.02 Å². The van der Waals surface area contributed by atoms with Gasteiger partial charge in [0.25, 0.3) is 0 Å². The van der Waals surface area contributed by atoms with Gasteiger partial charge >= 0.3 is 0 Å². The molecule has 6 heteroatoms. The summed E-state index contributed by atoms with van der Waals surface area (Å²) in [7, 11) is 1.57. The third-order valence-corrected chi connectivity index (χ3v) is 3.22. The van der Waals surface area contributed by atoms with E-state index in [0.717, 1.165) is 5.56 Å². The highest BCUT2D eigenvalue weighted by Crippen LogP contribution is 2.26. The first kappa shape index (κ1) is 15.5. The number of hydrogen-bond donors (Lipinski definition) is 2. The highest BCUT2D eigenvalue weighted by atomic mass is 35.5. The van der Waals surface area contributed by atoms with Crippen molar-refractivity contribution >= 4 is 40.3 Å². The Bertz CT molecular complexity index is 679. The van der Waals surface area contributed by atoms with Gasteiger partial charge in [0.15, 0.2) is 5.11 Å². The smallest absolute Gasteiger partial charge is 0.175 e. The van der Waals surface area contributed by atoms with Gasteiger partial charge in [-0.3, -0.25) is 0 Å². The summed E-state index contributed by atoms with van der Waals surface area (Å²) in [6.45, 7) is 1.96. The van der Waals surface area contributed by atoms with E-state index in [0.29, 0.717) is 16.5 Å². The van der Waals surface area contributed by atoms with Gasteiger partial charge in [-0.1, -0.05) is 17.7 Å². The van der Waals surface area contributed by atoms with Crippen LogP contribution in [0.3, 0.4) is 0 Å². The molecule has 0 radical (unpaired) electrons. The fraction of sp³-hybridized carbons (Fsp3) is 0.133. The lowest BCUT2D eigenvalue weighted by molar-refractivity contribution is 0.417. The molecule has 2 rings (SSSR count). The van der Waals surface area contributed by atoms with Crippen LogP contribution in [0.4, 0.5) is 15.8 Å². The van der Waals surface area contributed by atoms with Gasteiger partial charge in [-0.25, -0.2) is 4.39 Å². The van der Waals surface area contributed by atoms with Gasteiger partial charge in [-0.15, -0.1) is 0 Å². The molecule has 0 amide bonds. The summed E-state index contributed by atoms with van der Waals surface area (Å²) < 4.78 is 18.9. The molecular formula is C15H14ClFN2OS. The van der Waals surface area contributed by atoms with Crippen molar-refractivity contribution in [3.8, 4) is 5.75 Å². The fourth-order valence-electron chi connectivity index (χ4n) is 1.79. The minimum absolute atomic E-state index is 0.253. The van der Waals surface area contributed by atoms with Crippen molar-refractivity contribution in [2.24, 2.45) is 0 Å². The monoisotopic (exact) mass is 324 g/mol. The standard InChI is InChI=1S/C15H14ClFN2OS/c1-9-3-6-14(20-2)13(7-9)19-15(21)18-12-5-4-10(16)8-11(12)17/h3-8H,1-2H3,(H2,18,19,21). The number of methoxy groups -OCH3 is 1. The Labute approximate surface area is 133 Å². The van der Waals surface area contributed by atoms with Crippen molar-refractivity contribution < 1.29 is 9.13 Å². The molecule has 0 aromatic heterocycles. The van der Waals surface area contributed by atoms with E-state index in [1.807, 2.05) is 25.1 Å². The third kappa shape index (κ3) is 4.06. The Hall–Kier alpha value is -1.85. The zero-order chi connectivity index (χ0) is 15.4. The topological polar surface area (TPSA) is 33.3 Å². The predicted molar refractivity (Wildman–Crippen MR) is 89.0 cm³/mol. The minimum atomic E-state index is -0.470. The number of hydrogen-bond acceptors (Lipinski definition) is 2. The highest BCUT2D eigenvalue weighted by Gasteiger charge is 2.08. The number of anilines is 2. The molecule has 110 valence electrons. The number of benzene rings is 2. The second-order valence-electron chi connectivity index (χ2n) is 4.41. The maximum Gasteiger partial charge on any atom is 0.175 e. The number of aryl methyl sites for hydroxylation is 1. The molecule has 0 unspecified atom stereocenters.